The van der Waals surface area contributed by atoms with E-state index in [0.29, 0.717) is 17.2 Å². The number of hydrogen-bond donors (Lipinski definition) is 2. The van der Waals surface area contributed by atoms with Gasteiger partial charge in [-0.15, -0.1) is 0 Å². The third-order valence-electron chi connectivity index (χ3n) is 2.09. The van der Waals surface area contributed by atoms with Crippen molar-refractivity contribution >= 4 is 23.4 Å². The summed E-state index contributed by atoms with van der Waals surface area (Å²) in [5.74, 6) is -0.582. The van der Waals surface area contributed by atoms with Gasteiger partial charge in [0.15, 0.2) is 0 Å². The molecular formula is C12H15ClN2O3. The van der Waals surface area contributed by atoms with E-state index in [0.717, 1.165) is 0 Å². The lowest BCUT2D eigenvalue weighted by Crippen LogP contribution is -2.30. The van der Waals surface area contributed by atoms with Crippen molar-refractivity contribution in [3.05, 3.63) is 34.9 Å². The molecular weight excluding hydrogens is 256 g/mol. The molecule has 0 radical (unpaired) electrons. The topological polar surface area (TPSA) is 67.4 Å². The Morgan fingerprint density at radius 3 is 2.72 bits per heavy atom. The molecule has 98 valence electrons. The molecule has 1 rings (SSSR count). The predicted molar refractivity (Wildman–Crippen MR) is 68.2 cm³/mol. The molecule has 0 saturated heterocycles. The molecule has 0 unspecified atom stereocenters. The summed E-state index contributed by atoms with van der Waals surface area (Å²) in [5.41, 5.74) is 2.63. The minimum Gasteiger partial charge on any atom is -0.351 e. The Balaban J connectivity index is 2.34. The Kier molecular flexibility index (Phi) is 6.18. The second kappa shape index (κ2) is 7.68. The van der Waals surface area contributed by atoms with Crippen LogP contribution in [0.5, 0.6) is 0 Å². The highest BCUT2D eigenvalue weighted by Crippen LogP contribution is 2.14. The number of hydrogen-bond acceptors (Lipinski definition) is 3. The van der Waals surface area contributed by atoms with Crippen LogP contribution in [0.4, 0.5) is 0 Å². The number of hydroxylamine groups is 1. The number of carbonyl (C=O) groups excluding carboxylic acids is 2. The summed E-state index contributed by atoms with van der Waals surface area (Å²) in [6.07, 6.45) is 0.149. The average Bonchev–Trinajstić information content (AvgIpc) is 2.36. The maximum Gasteiger partial charge on any atom is 0.252 e. The van der Waals surface area contributed by atoms with Crippen LogP contribution in [-0.4, -0.2) is 25.0 Å². The molecule has 0 saturated carbocycles. The maximum absolute atomic E-state index is 11.7. The highest BCUT2D eigenvalue weighted by atomic mass is 35.5. The third kappa shape index (κ3) is 4.73. The van der Waals surface area contributed by atoms with Crippen LogP contribution in [0.1, 0.15) is 23.7 Å². The van der Waals surface area contributed by atoms with Gasteiger partial charge >= 0.3 is 0 Å². The molecule has 0 bridgehead atoms. The minimum atomic E-state index is -0.301. The van der Waals surface area contributed by atoms with Crippen LogP contribution in [0, 0.1) is 0 Å². The van der Waals surface area contributed by atoms with E-state index in [1.54, 1.807) is 31.2 Å². The molecule has 5 nitrogen and oxygen atoms in total. The summed E-state index contributed by atoms with van der Waals surface area (Å²) in [6, 6.07) is 6.73. The van der Waals surface area contributed by atoms with Crippen molar-refractivity contribution in [1.82, 2.24) is 10.8 Å². The molecule has 1 aromatic rings. The third-order valence-corrected chi connectivity index (χ3v) is 2.42. The van der Waals surface area contributed by atoms with E-state index in [4.69, 9.17) is 16.4 Å². The Morgan fingerprint density at radius 2 is 2.06 bits per heavy atom. The van der Waals surface area contributed by atoms with Gasteiger partial charge < -0.3 is 5.32 Å². The molecule has 0 fully saturated rings. The van der Waals surface area contributed by atoms with Crippen molar-refractivity contribution in [2.24, 2.45) is 0 Å². The molecule has 0 heterocycles. The van der Waals surface area contributed by atoms with Gasteiger partial charge in [0, 0.05) is 13.0 Å². The first-order valence-corrected chi connectivity index (χ1v) is 5.96. The molecule has 0 aliphatic heterocycles. The smallest absolute Gasteiger partial charge is 0.252 e. The van der Waals surface area contributed by atoms with E-state index in [-0.39, 0.29) is 24.8 Å². The zero-order chi connectivity index (χ0) is 13.4. The summed E-state index contributed by atoms with van der Waals surface area (Å²) in [7, 11) is 0. The van der Waals surface area contributed by atoms with Crippen LogP contribution < -0.4 is 10.8 Å². The van der Waals surface area contributed by atoms with Gasteiger partial charge in [-0.3, -0.25) is 14.4 Å². The van der Waals surface area contributed by atoms with Gasteiger partial charge in [0.1, 0.15) is 0 Å². The molecule has 1 aromatic carbocycles. The monoisotopic (exact) mass is 270 g/mol. The van der Waals surface area contributed by atoms with E-state index < -0.39 is 0 Å². The van der Waals surface area contributed by atoms with Gasteiger partial charge in [-0.05, 0) is 19.1 Å². The van der Waals surface area contributed by atoms with Gasteiger partial charge in [0.05, 0.1) is 17.2 Å². The van der Waals surface area contributed by atoms with Crippen molar-refractivity contribution in [3.8, 4) is 0 Å². The molecule has 2 N–H and O–H groups in total. The van der Waals surface area contributed by atoms with Crippen LogP contribution >= 0.6 is 11.6 Å². The zero-order valence-electron chi connectivity index (χ0n) is 10.0. The molecule has 0 aliphatic rings. The Bertz CT molecular complexity index is 424. The zero-order valence-corrected chi connectivity index (χ0v) is 10.8. The highest BCUT2D eigenvalue weighted by molar-refractivity contribution is 6.33. The van der Waals surface area contributed by atoms with Gasteiger partial charge in [0.2, 0.25) is 5.91 Å². The first-order chi connectivity index (χ1) is 8.65. The SMILES string of the molecule is CCONC(=O)CCNC(=O)c1ccccc1Cl. The average molecular weight is 271 g/mol. The predicted octanol–water partition coefficient (Wildman–Crippen LogP) is 1.53. The van der Waals surface area contributed by atoms with Gasteiger partial charge in [-0.2, -0.15) is 0 Å². The summed E-state index contributed by atoms with van der Waals surface area (Å²) in [5, 5.41) is 2.99. The van der Waals surface area contributed by atoms with Crippen molar-refractivity contribution in [2.45, 2.75) is 13.3 Å². The summed E-state index contributed by atoms with van der Waals surface area (Å²) >= 11 is 5.87. The fraction of sp³-hybridized carbons (Fsp3) is 0.333. The first kappa shape index (κ1) is 14.5. The normalized spacial score (nSPS) is 9.89. The molecule has 0 aliphatic carbocycles. The molecule has 0 atom stereocenters. The van der Waals surface area contributed by atoms with Crippen LogP contribution in [0.15, 0.2) is 24.3 Å². The van der Waals surface area contributed by atoms with Gasteiger partial charge in [0.25, 0.3) is 5.91 Å². The number of halogens is 1. The van der Waals surface area contributed by atoms with E-state index in [2.05, 4.69) is 10.8 Å². The quantitative estimate of drug-likeness (QED) is 0.771. The second-order valence-electron chi connectivity index (χ2n) is 3.44. The van der Waals surface area contributed by atoms with Crippen molar-refractivity contribution in [3.63, 3.8) is 0 Å². The molecule has 2 amide bonds. The lowest BCUT2D eigenvalue weighted by molar-refractivity contribution is -0.133. The van der Waals surface area contributed by atoms with Crippen LogP contribution in [0.25, 0.3) is 0 Å². The van der Waals surface area contributed by atoms with E-state index in [1.807, 2.05) is 0 Å². The molecule has 0 aromatic heterocycles. The second-order valence-corrected chi connectivity index (χ2v) is 3.85. The summed E-state index contributed by atoms with van der Waals surface area (Å²) in [4.78, 5) is 27.6. The largest absolute Gasteiger partial charge is 0.351 e. The van der Waals surface area contributed by atoms with Gasteiger partial charge in [-0.1, -0.05) is 23.7 Å². The fourth-order valence-corrected chi connectivity index (χ4v) is 1.46. The number of nitrogens with one attached hydrogen (secondary N) is 2. The van der Waals surface area contributed by atoms with E-state index in [9.17, 15) is 9.59 Å². The van der Waals surface area contributed by atoms with Crippen molar-refractivity contribution in [1.29, 1.82) is 0 Å². The van der Waals surface area contributed by atoms with E-state index in [1.165, 1.54) is 0 Å². The Labute approximate surface area is 110 Å². The van der Waals surface area contributed by atoms with Crippen molar-refractivity contribution < 1.29 is 14.4 Å². The van der Waals surface area contributed by atoms with Crippen molar-refractivity contribution in [2.75, 3.05) is 13.2 Å². The maximum atomic E-state index is 11.7. The summed E-state index contributed by atoms with van der Waals surface area (Å²) < 4.78 is 0. The van der Waals surface area contributed by atoms with E-state index >= 15 is 0 Å². The number of benzene rings is 1. The van der Waals surface area contributed by atoms with Crippen LogP contribution in [0.2, 0.25) is 5.02 Å². The number of amides is 2. The standard InChI is InChI=1S/C12H15ClN2O3/c1-2-18-15-11(16)7-8-14-12(17)9-5-3-4-6-10(9)13/h3-6H,2,7-8H2,1H3,(H,14,17)(H,15,16). The lowest BCUT2D eigenvalue weighted by atomic mass is 10.2. The molecule has 6 heteroatoms. The molecule has 0 spiro atoms. The fourth-order valence-electron chi connectivity index (χ4n) is 1.23. The number of rotatable bonds is 6. The van der Waals surface area contributed by atoms with Crippen LogP contribution in [0.3, 0.4) is 0 Å². The first-order valence-electron chi connectivity index (χ1n) is 5.58. The highest BCUT2D eigenvalue weighted by Gasteiger charge is 2.09. The Morgan fingerprint density at radius 1 is 1.33 bits per heavy atom. The van der Waals surface area contributed by atoms with Crippen LogP contribution in [-0.2, 0) is 9.63 Å². The summed E-state index contributed by atoms with van der Waals surface area (Å²) in [6.45, 7) is 2.39. The van der Waals surface area contributed by atoms with Gasteiger partial charge in [-0.25, -0.2) is 5.48 Å². The minimum absolute atomic E-state index is 0.149. The number of carbonyl (C=O) groups is 2. The Hall–Kier alpha value is -1.59. The molecule has 18 heavy (non-hydrogen) atoms. The lowest BCUT2D eigenvalue weighted by Gasteiger charge is -2.06.